The van der Waals surface area contributed by atoms with E-state index in [2.05, 4.69) is 10.6 Å². The zero-order valence-corrected chi connectivity index (χ0v) is 11.7. The largest absolute Gasteiger partial charge is 0.480 e. The van der Waals surface area contributed by atoms with E-state index in [4.69, 9.17) is 5.11 Å². The van der Waals surface area contributed by atoms with Crippen molar-refractivity contribution in [1.82, 2.24) is 5.32 Å². The van der Waals surface area contributed by atoms with Crippen LogP contribution in [0.2, 0.25) is 0 Å². The van der Waals surface area contributed by atoms with Gasteiger partial charge in [-0.05, 0) is 24.5 Å². The standard InChI is InChI=1S/C14H19FN2O3/c1-4-8(2)12(13(18)19)17-14(20)16-11-9(3)6-5-7-10(11)15/h5-8,12H,4H2,1-3H3,(H,18,19)(H2,16,17,20). The number of aryl methyl sites for hydroxylation is 1. The molecule has 2 unspecified atom stereocenters. The van der Waals surface area contributed by atoms with Gasteiger partial charge in [0.1, 0.15) is 11.9 Å². The summed E-state index contributed by atoms with van der Waals surface area (Å²) in [5.41, 5.74) is 0.619. The molecule has 0 bridgehead atoms. The Bertz CT molecular complexity index is 485. The van der Waals surface area contributed by atoms with E-state index in [1.807, 2.05) is 6.92 Å². The number of carboxylic acid groups (broad SMARTS) is 1. The van der Waals surface area contributed by atoms with Crippen LogP contribution >= 0.6 is 0 Å². The maximum atomic E-state index is 13.6. The fourth-order valence-corrected chi connectivity index (χ4v) is 1.76. The van der Waals surface area contributed by atoms with Gasteiger partial charge in [-0.1, -0.05) is 32.4 Å². The summed E-state index contributed by atoms with van der Waals surface area (Å²) in [6.07, 6.45) is 0.607. The van der Waals surface area contributed by atoms with Gasteiger partial charge in [0.15, 0.2) is 0 Å². The van der Waals surface area contributed by atoms with E-state index < -0.39 is 23.9 Å². The van der Waals surface area contributed by atoms with Crippen LogP contribution in [-0.4, -0.2) is 23.1 Å². The summed E-state index contributed by atoms with van der Waals surface area (Å²) in [6.45, 7) is 5.22. The summed E-state index contributed by atoms with van der Waals surface area (Å²) in [5, 5.41) is 13.8. The molecule has 0 aliphatic carbocycles. The molecule has 0 saturated heterocycles. The number of benzene rings is 1. The number of carbonyl (C=O) groups excluding carboxylic acids is 1. The molecule has 0 aromatic heterocycles. The molecular formula is C14H19FN2O3. The Morgan fingerprint density at radius 3 is 2.55 bits per heavy atom. The van der Waals surface area contributed by atoms with Gasteiger partial charge >= 0.3 is 12.0 Å². The highest BCUT2D eigenvalue weighted by atomic mass is 19.1. The van der Waals surface area contributed by atoms with Gasteiger partial charge in [-0.25, -0.2) is 14.0 Å². The van der Waals surface area contributed by atoms with Gasteiger partial charge in [-0.15, -0.1) is 0 Å². The van der Waals surface area contributed by atoms with E-state index in [0.29, 0.717) is 12.0 Å². The lowest BCUT2D eigenvalue weighted by molar-refractivity contribution is -0.140. The van der Waals surface area contributed by atoms with Gasteiger partial charge in [0.05, 0.1) is 5.69 Å². The van der Waals surface area contributed by atoms with Crippen molar-refractivity contribution in [2.75, 3.05) is 5.32 Å². The molecule has 0 radical (unpaired) electrons. The first-order valence-corrected chi connectivity index (χ1v) is 6.42. The van der Waals surface area contributed by atoms with E-state index in [1.165, 1.54) is 12.1 Å². The molecule has 20 heavy (non-hydrogen) atoms. The SMILES string of the molecule is CCC(C)C(NC(=O)Nc1c(C)cccc1F)C(=O)O. The lowest BCUT2D eigenvalue weighted by Crippen LogP contribution is -2.46. The number of carboxylic acids is 1. The molecule has 0 aliphatic rings. The molecule has 1 aromatic rings. The van der Waals surface area contributed by atoms with E-state index in [9.17, 15) is 14.0 Å². The van der Waals surface area contributed by atoms with Crippen molar-refractivity contribution in [3.8, 4) is 0 Å². The van der Waals surface area contributed by atoms with Crippen molar-refractivity contribution in [1.29, 1.82) is 0 Å². The molecule has 3 N–H and O–H groups in total. The van der Waals surface area contributed by atoms with Crippen molar-refractivity contribution in [2.24, 2.45) is 5.92 Å². The van der Waals surface area contributed by atoms with E-state index in [-0.39, 0.29) is 11.6 Å². The number of aliphatic carboxylic acids is 1. The Morgan fingerprint density at radius 2 is 2.05 bits per heavy atom. The fraction of sp³-hybridized carbons (Fsp3) is 0.429. The van der Waals surface area contributed by atoms with Gasteiger partial charge in [0.2, 0.25) is 0 Å². The van der Waals surface area contributed by atoms with E-state index in [0.717, 1.165) is 0 Å². The van der Waals surface area contributed by atoms with Gasteiger partial charge in [-0.3, -0.25) is 0 Å². The van der Waals surface area contributed by atoms with Crippen LogP contribution in [-0.2, 0) is 4.79 Å². The van der Waals surface area contributed by atoms with Crippen LogP contribution < -0.4 is 10.6 Å². The van der Waals surface area contributed by atoms with Gasteiger partial charge in [0.25, 0.3) is 0 Å². The number of nitrogens with one attached hydrogen (secondary N) is 2. The summed E-state index contributed by atoms with van der Waals surface area (Å²) >= 11 is 0. The Balaban J connectivity index is 2.79. The van der Waals surface area contributed by atoms with Crippen molar-refractivity contribution >= 4 is 17.7 Å². The van der Waals surface area contributed by atoms with Gasteiger partial charge in [0, 0.05) is 0 Å². The van der Waals surface area contributed by atoms with E-state index >= 15 is 0 Å². The Kier molecular flexibility index (Phi) is 5.49. The van der Waals surface area contributed by atoms with Crippen LogP contribution in [0, 0.1) is 18.7 Å². The molecule has 2 atom stereocenters. The number of para-hydroxylation sites is 1. The highest BCUT2D eigenvalue weighted by Crippen LogP contribution is 2.18. The summed E-state index contributed by atoms with van der Waals surface area (Å²) in [5.74, 6) is -1.89. The molecule has 6 heteroatoms. The van der Waals surface area contributed by atoms with Crippen LogP contribution in [0.4, 0.5) is 14.9 Å². The van der Waals surface area contributed by atoms with E-state index in [1.54, 1.807) is 19.9 Å². The molecule has 110 valence electrons. The van der Waals surface area contributed by atoms with Crippen LogP contribution in [0.15, 0.2) is 18.2 Å². The van der Waals surface area contributed by atoms with Gasteiger partial charge < -0.3 is 15.7 Å². The van der Waals surface area contributed by atoms with Crippen molar-refractivity contribution in [3.63, 3.8) is 0 Å². The molecule has 0 spiro atoms. The number of rotatable bonds is 5. The first-order chi connectivity index (χ1) is 9.36. The van der Waals surface area contributed by atoms with Gasteiger partial charge in [-0.2, -0.15) is 0 Å². The molecule has 0 fully saturated rings. The molecule has 0 heterocycles. The topological polar surface area (TPSA) is 78.4 Å². The predicted octanol–water partition coefficient (Wildman–Crippen LogP) is 2.75. The van der Waals surface area contributed by atoms with Crippen molar-refractivity contribution in [3.05, 3.63) is 29.6 Å². The minimum atomic E-state index is -1.11. The Morgan fingerprint density at radius 1 is 1.40 bits per heavy atom. The molecular weight excluding hydrogens is 263 g/mol. The number of urea groups is 1. The summed E-state index contributed by atoms with van der Waals surface area (Å²) in [6, 6.07) is 2.68. The van der Waals surface area contributed by atoms with Crippen LogP contribution in [0.1, 0.15) is 25.8 Å². The van der Waals surface area contributed by atoms with Crippen molar-refractivity contribution in [2.45, 2.75) is 33.2 Å². The minimum absolute atomic E-state index is 0.0540. The number of anilines is 1. The second-order valence-corrected chi connectivity index (χ2v) is 4.73. The van der Waals surface area contributed by atoms with Crippen LogP contribution in [0.25, 0.3) is 0 Å². The Hall–Kier alpha value is -2.11. The molecule has 5 nitrogen and oxygen atoms in total. The summed E-state index contributed by atoms with van der Waals surface area (Å²) in [4.78, 5) is 22.9. The monoisotopic (exact) mass is 282 g/mol. The molecule has 1 aromatic carbocycles. The highest BCUT2D eigenvalue weighted by Gasteiger charge is 2.25. The fourth-order valence-electron chi connectivity index (χ4n) is 1.76. The summed E-state index contributed by atoms with van der Waals surface area (Å²) < 4.78 is 13.6. The number of halogens is 1. The Labute approximate surface area is 117 Å². The smallest absolute Gasteiger partial charge is 0.326 e. The minimum Gasteiger partial charge on any atom is -0.480 e. The normalized spacial score (nSPS) is 13.4. The molecule has 0 saturated carbocycles. The first kappa shape index (κ1) is 15.9. The zero-order valence-electron chi connectivity index (χ0n) is 11.7. The van der Waals surface area contributed by atoms with Crippen LogP contribution in [0.3, 0.4) is 0 Å². The predicted molar refractivity (Wildman–Crippen MR) is 74.2 cm³/mol. The average Bonchev–Trinajstić information content (AvgIpc) is 2.39. The third-order valence-corrected chi connectivity index (χ3v) is 3.23. The maximum absolute atomic E-state index is 13.6. The lowest BCUT2D eigenvalue weighted by atomic mass is 9.99. The quantitative estimate of drug-likeness (QED) is 0.777. The molecule has 2 amide bonds. The third kappa shape index (κ3) is 3.94. The summed E-state index contributed by atoms with van der Waals surface area (Å²) in [7, 11) is 0. The first-order valence-electron chi connectivity index (χ1n) is 6.42. The van der Waals surface area contributed by atoms with Crippen molar-refractivity contribution < 1.29 is 19.1 Å². The number of hydrogen-bond donors (Lipinski definition) is 3. The number of amides is 2. The second kappa shape index (κ2) is 6.88. The average molecular weight is 282 g/mol. The molecule has 1 rings (SSSR count). The van der Waals surface area contributed by atoms with Crippen LogP contribution in [0.5, 0.6) is 0 Å². The third-order valence-electron chi connectivity index (χ3n) is 3.23. The highest BCUT2D eigenvalue weighted by molar-refractivity contribution is 5.93. The number of carbonyl (C=O) groups is 2. The number of hydrogen-bond acceptors (Lipinski definition) is 2. The maximum Gasteiger partial charge on any atom is 0.326 e. The molecule has 0 aliphatic heterocycles. The second-order valence-electron chi connectivity index (χ2n) is 4.73. The zero-order chi connectivity index (χ0) is 15.3. The lowest BCUT2D eigenvalue weighted by Gasteiger charge is -2.20.